The summed E-state index contributed by atoms with van der Waals surface area (Å²) < 4.78 is 40.0. The zero-order valence-corrected chi connectivity index (χ0v) is 21.8. The van der Waals surface area contributed by atoms with Gasteiger partial charge >= 0.3 is 0 Å². The van der Waals surface area contributed by atoms with Gasteiger partial charge in [0.05, 0.1) is 23.2 Å². The molecule has 0 spiro atoms. The molecule has 0 radical (unpaired) electrons. The highest BCUT2D eigenvalue weighted by Gasteiger charge is 2.35. The molecule has 1 aliphatic heterocycles. The zero-order valence-electron chi connectivity index (χ0n) is 21.0. The Bertz CT molecular complexity index is 1320. The number of rotatable bonds is 8. The number of amides is 1. The molecule has 1 N–H and O–H groups in total. The number of benzene rings is 3. The lowest BCUT2D eigenvalue weighted by Crippen LogP contribution is -2.45. The fourth-order valence-corrected chi connectivity index (χ4v) is 5.81. The minimum atomic E-state index is -4.00. The van der Waals surface area contributed by atoms with Gasteiger partial charge in [-0.15, -0.1) is 0 Å². The number of hydrogen-bond donors (Lipinski definition) is 1. The van der Waals surface area contributed by atoms with E-state index in [4.69, 9.17) is 9.47 Å². The molecule has 3 aromatic rings. The van der Waals surface area contributed by atoms with Crippen LogP contribution in [0.5, 0.6) is 11.5 Å². The Hall–Kier alpha value is -3.52. The highest BCUT2D eigenvalue weighted by Crippen LogP contribution is 2.40. The van der Waals surface area contributed by atoms with E-state index in [0.29, 0.717) is 24.5 Å². The van der Waals surface area contributed by atoms with Gasteiger partial charge < -0.3 is 14.8 Å². The van der Waals surface area contributed by atoms with Crippen molar-refractivity contribution in [2.24, 2.45) is 0 Å². The molecular weight excluding hydrogens is 476 g/mol. The average molecular weight is 509 g/mol. The van der Waals surface area contributed by atoms with Gasteiger partial charge in [-0.05, 0) is 75.7 Å². The van der Waals surface area contributed by atoms with E-state index in [2.05, 4.69) is 5.32 Å². The van der Waals surface area contributed by atoms with E-state index in [1.807, 2.05) is 45.9 Å². The first-order valence-electron chi connectivity index (χ1n) is 12.0. The molecule has 0 saturated heterocycles. The van der Waals surface area contributed by atoms with E-state index in [-0.39, 0.29) is 17.5 Å². The summed E-state index contributed by atoms with van der Waals surface area (Å²) in [5.41, 5.74) is 1.84. The number of carbonyl (C=O) groups is 1. The largest absolute Gasteiger partial charge is 0.494 e. The predicted octanol–water partition coefficient (Wildman–Crippen LogP) is 5.01. The van der Waals surface area contributed by atoms with Crippen LogP contribution in [0.2, 0.25) is 0 Å². The molecule has 190 valence electrons. The van der Waals surface area contributed by atoms with E-state index >= 15 is 0 Å². The number of hydrogen-bond acceptors (Lipinski definition) is 5. The van der Waals surface area contributed by atoms with E-state index in [9.17, 15) is 13.2 Å². The number of fused-ring (bicyclic) bond motifs is 1. The molecule has 4 rings (SSSR count). The second-order valence-electron chi connectivity index (χ2n) is 9.48. The molecule has 3 aromatic carbocycles. The van der Waals surface area contributed by atoms with Crippen LogP contribution in [0, 0.1) is 6.92 Å². The summed E-state index contributed by atoms with van der Waals surface area (Å²) in [6.45, 7) is 7.94. The molecule has 1 amide bonds. The molecule has 0 aromatic heterocycles. The summed E-state index contributed by atoms with van der Waals surface area (Å²) in [5, 5.41) is 3.06. The molecule has 1 aliphatic rings. The van der Waals surface area contributed by atoms with Gasteiger partial charge in [0.2, 0.25) is 5.91 Å². The Morgan fingerprint density at radius 1 is 1.08 bits per heavy atom. The Morgan fingerprint density at radius 2 is 1.78 bits per heavy atom. The molecule has 1 atom stereocenters. The fourth-order valence-electron chi connectivity index (χ4n) is 4.37. The molecule has 0 saturated carbocycles. The van der Waals surface area contributed by atoms with Crippen LogP contribution in [0.15, 0.2) is 77.7 Å². The predicted molar refractivity (Wildman–Crippen MR) is 140 cm³/mol. The third-order valence-electron chi connectivity index (χ3n) is 6.02. The summed E-state index contributed by atoms with van der Waals surface area (Å²) in [7, 11) is -4.00. The lowest BCUT2D eigenvalue weighted by Gasteiger charge is -2.38. The Kier molecular flexibility index (Phi) is 7.26. The molecule has 0 aliphatic carbocycles. The van der Waals surface area contributed by atoms with E-state index < -0.39 is 21.5 Å². The number of nitrogens with one attached hydrogen (secondary N) is 1. The van der Waals surface area contributed by atoms with Gasteiger partial charge in [-0.3, -0.25) is 9.10 Å². The standard InChI is InChI=1S/C28H32N2O5S/c1-5-34-22-14-12-21(13-15-22)30(36(32,33)23-9-7-6-8-10-23)19-27(31)29-25-18-28(3,4)35-26-17-20(2)11-16-24(25)26/h6-17,25H,5,18-19H2,1-4H3,(H,29,31). The molecule has 0 bridgehead atoms. The van der Waals surface area contributed by atoms with Crippen LogP contribution < -0.4 is 19.1 Å². The van der Waals surface area contributed by atoms with Crippen molar-refractivity contribution in [3.8, 4) is 11.5 Å². The SMILES string of the molecule is CCOc1ccc(N(CC(=O)NC2CC(C)(C)Oc3cc(C)ccc32)S(=O)(=O)c2ccccc2)cc1. The summed E-state index contributed by atoms with van der Waals surface area (Å²) in [6, 6.07) is 20.4. The van der Waals surface area contributed by atoms with E-state index in [1.165, 1.54) is 12.1 Å². The van der Waals surface area contributed by atoms with Gasteiger partial charge in [0.15, 0.2) is 0 Å². The van der Waals surface area contributed by atoms with Crippen LogP contribution >= 0.6 is 0 Å². The lowest BCUT2D eigenvalue weighted by atomic mass is 9.89. The highest BCUT2D eigenvalue weighted by atomic mass is 32.2. The minimum absolute atomic E-state index is 0.111. The van der Waals surface area contributed by atoms with Gasteiger partial charge in [0.25, 0.3) is 10.0 Å². The summed E-state index contributed by atoms with van der Waals surface area (Å²) in [6.07, 6.45) is 0.559. The maximum atomic E-state index is 13.6. The first kappa shape index (κ1) is 25.6. The fraction of sp³-hybridized carbons (Fsp3) is 0.321. The van der Waals surface area contributed by atoms with Crippen LogP contribution in [0.3, 0.4) is 0 Å². The van der Waals surface area contributed by atoms with Crippen LogP contribution in [-0.4, -0.2) is 33.1 Å². The number of nitrogens with zero attached hydrogens (tertiary/aromatic N) is 1. The third-order valence-corrected chi connectivity index (χ3v) is 7.80. The van der Waals surface area contributed by atoms with Crippen LogP contribution in [0.25, 0.3) is 0 Å². The summed E-state index contributed by atoms with van der Waals surface area (Å²) >= 11 is 0. The second kappa shape index (κ2) is 10.2. The average Bonchev–Trinajstić information content (AvgIpc) is 2.83. The van der Waals surface area contributed by atoms with Gasteiger partial charge in [-0.1, -0.05) is 30.3 Å². The molecule has 36 heavy (non-hydrogen) atoms. The summed E-state index contributed by atoms with van der Waals surface area (Å²) in [4.78, 5) is 13.5. The smallest absolute Gasteiger partial charge is 0.264 e. The van der Waals surface area contributed by atoms with Crippen molar-refractivity contribution in [2.75, 3.05) is 17.5 Å². The number of anilines is 1. The maximum absolute atomic E-state index is 13.6. The number of sulfonamides is 1. The lowest BCUT2D eigenvalue weighted by molar-refractivity contribution is -0.120. The normalized spacial score (nSPS) is 16.4. The van der Waals surface area contributed by atoms with Crippen molar-refractivity contribution >= 4 is 21.6 Å². The van der Waals surface area contributed by atoms with Gasteiger partial charge in [0, 0.05) is 12.0 Å². The molecule has 0 fully saturated rings. The minimum Gasteiger partial charge on any atom is -0.494 e. The van der Waals surface area contributed by atoms with Crippen molar-refractivity contribution in [3.05, 3.63) is 83.9 Å². The monoisotopic (exact) mass is 508 g/mol. The van der Waals surface area contributed by atoms with Gasteiger partial charge in [-0.2, -0.15) is 0 Å². The number of ether oxygens (including phenoxy) is 2. The maximum Gasteiger partial charge on any atom is 0.264 e. The second-order valence-corrected chi connectivity index (χ2v) is 11.3. The Labute approximate surface area is 213 Å². The Balaban J connectivity index is 1.63. The van der Waals surface area contributed by atoms with Crippen molar-refractivity contribution < 1.29 is 22.7 Å². The zero-order chi connectivity index (χ0) is 25.9. The topological polar surface area (TPSA) is 84.9 Å². The molecular formula is C28H32N2O5S. The molecule has 1 unspecified atom stereocenters. The first-order chi connectivity index (χ1) is 17.1. The van der Waals surface area contributed by atoms with Gasteiger partial charge in [0.1, 0.15) is 23.6 Å². The Morgan fingerprint density at radius 3 is 2.44 bits per heavy atom. The third kappa shape index (κ3) is 5.65. The van der Waals surface area contributed by atoms with Crippen LogP contribution in [0.4, 0.5) is 5.69 Å². The highest BCUT2D eigenvalue weighted by molar-refractivity contribution is 7.92. The van der Waals surface area contributed by atoms with Crippen molar-refractivity contribution in [3.63, 3.8) is 0 Å². The van der Waals surface area contributed by atoms with E-state index in [1.54, 1.807) is 42.5 Å². The van der Waals surface area contributed by atoms with E-state index in [0.717, 1.165) is 21.2 Å². The molecule has 1 heterocycles. The van der Waals surface area contributed by atoms with Crippen LogP contribution in [0.1, 0.15) is 44.4 Å². The molecule has 8 heteroatoms. The van der Waals surface area contributed by atoms with Crippen molar-refractivity contribution in [1.82, 2.24) is 5.32 Å². The number of aryl methyl sites for hydroxylation is 1. The first-order valence-corrected chi connectivity index (χ1v) is 13.4. The van der Waals surface area contributed by atoms with Crippen LogP contribution in [-0.2, 0) is 14.8 Å². The quantitative estimate of drug-likeness (QED) is 0.463. The van der Waals surface area contributed by atoms with Crippen molar-refractivity contribution in [2.45, 2.75) is 50.7 Å². The molecule has 7 nitrogen and oxygen atoms in total. The summed E-state index contributed by atoms with van der Waals surface area (Å²) in [5.74, 6) is 0.952. The van der Waals surface area contributed by atoms with Crippen molar-refractivity contribution in [1.29, 1.82) is 0 Å². The van der Waals surface area contributed by atoms with Gasteiger partial charge in [-0.25, -0.2) is 8.42 Å². The number of carbonyl (C=O) groups excluding carboxylic acids is 1.